The van der Waals surface area contributed by atoms with E-state index in [0.717, 1.165) is 34.5 Å². The fraction of sp³-hybridized carbons (Fsp3) is 0.351. The van der Waals surface area contributed by atoms with Crippen molar-refractivity contribution in [3.05, 3.63) is 101 Å². The van der Waals surface area contributed by atoms with Gasteiger partial charge >= 0.3 is 0 Å². The molecule has 1 aliphatic heterocycles. The van der Waals surface area contributed by atoms with Gasteiger partial charge in [-0.1, -0.05) is 68.3 Å². The van der Waals surface area contributed by atoms with Gasteiger partial charge in [0.15, 0.2) is 0 Å². The van der Waals surface area contributed by atoms with Gasteiger partial charge in [-0.25, -0.2) is 0 Å². The minimum atomic E-state index is -0.857. The van der Waals surface area contributed by atoms with Crippen molar-refractivity contribution < 1.29 is 24.9 Å². The van der Waals surface area contributed by atoms with E-state index in [1.54, 1.807) is 30.3 Å². The molecule has 230 valence electrons. The lowest BCUT2D eigenvalue weighted by molar-refractivity contribution is -0.123. The fourth-order valence-electron chi connectivity index (χ4n) is 6.76. The summed E-state index contributed by atoms with van der Waals surface area (Å²) < 4.78 is 0. The molecule has 0 bridgehead atoms. The second-order valence-electron chi connectivity index (χ2n) is 12.1. The standard InChI is InChI=1S/C37H42N2O5/c1-4-24(19-25-9-8-12-29(41)20-25)13-18-33(42)34-30(23(2)3)21-31-35(32(34)22-40)37(44)39(36(31)43)28-16-14-27(15-17-28)38-26-10-6-5-7-11-26/h5-12,14-17,19-20,23,31-33,35,38,40-42H,4,13,18,21-22H2,1-3H3/b24-19+/t31-,32+,33-,35-/m1/s1. The number of aliphatic hydroxyl groups excluding tert-OH is 2. The highest BCUT2D eigenvalue weighted by atomic mass is 16.3. The van der Waals surface area contributed by atoms with Crippen LogP contribution in [0.5, 0.6) is 5.75 Å². The molecule has 0 saturated carbocycles. The Bertz CT molecular complexity index is 1540. The van der Waals surface area contributed by atoms with Gasteiger partial charge in [0.2, 0.25) is 11.8 Å². The minimum Gasteiger partial charge on any atom is -0.508 e. The van der Waals surface area contributed by atoms with E-state index in [-0.39, 0.29) is 30.1 Å². The second-order valence-corrected chi connectivity index (χ2v) is 12.1. The van der Waals surface area contributed by atoms with Crippen molar-refractivity contribution >= 4 is 35.0 Å². The number of amides is 2. The van der Waals surface area contributed by atoms with Gasteiger partial charge in [-0.15, -0.1) is 0 Å². The molecule has 0 radical (unpaired) electrons. The third-order valence-corrected chi connectivity index (χ3v) is 8.99. The number of phenols is 1. The van der Waals surface area contributed by atoms with Gasteiger partial charge in [0.05, 0.1) is 30.2 Å². The predicted octanol–water partition coefficient (Wildman–Crippen LogP) is 6.84. The van der Waals surface area contributed by atoms with E-state index in [1.807, 2.05) is 68.5 Å². The highest BCUT2D eigenvalue weighted by Gasteiger charge is 2.55. The molecule has 5 rings (SSSR count). The Morgan fingerprint density at radius 1 is 0.977 bits per heavy atom. The molecule has 1 saturated heterocycles. The third kappa shape index (κ3) is 6.49. The molecule has 3 aromatic rings. The zero-order chi connectivity index (χ0) is 31.4. The van der Waals surface area contributed by atoms with Crippen LogP contribution in [0.1, 0.15) is 52.0 Å². The third-order valence-electron chi connectivity index (χ3n) is 8.99. The molecule has 7 nitrogen and oxygen atoms in total. The van der Waals surface area contributed by atoms with Crippen molar-refractivity contribution in [2.24, 2.45) is 23.7 Å². The summed E-state index contributed by atoms with van der Waals surface area (Å²) in [6, 6.07) is 24.0. The molecular weight excluding hydrogens is 552 g/mol. The van der Waals surface area contributed by atoms with Crippen LogP contribution < -0.4 is 10.2 Å². The van der Waals surface area contributed by atoms with Crippen LogP contribution in [0, 0.1) is 23.7 Å². The molecule has 7 heteroatoms. The number of benzene rings is 3. The van der Waals surface area contributed by atoms with Crippen molar-refractivity contribution in [2.75, 3.05) is 16.8 Å². The van der Waals surface area contributed by atoms with Crippen molar-refractivity contribution in [1.29, 1.82) is 0 Å². The van der Waals surface area contributed by atoms with Gasteiger partial charge < -0.3 is 20.6 Å². The number of hydrogen-bond acceptors (Lipinski definition) is 6. The Balaban J connectivity index is 1.36. The zero-order valence-corrected chi connectivity index (χ0v) is 25.6. The first-order valence-corrected chi connectivity index (χ1v) is 15.5. The van der Waals surface area contributed by atoms with E-state index in [9.17, 15) is 24.9 Å². The van der Waals surface area contributed by atoms with Crippen LogP contribution in [0.3, 0.4) is 0 Å². The topological polar surface area (TPSA) is 110 Å². The van der Waals surface area contributed by atoms with Crippen LogP contribution in [0.4, 0.5) is 17.1 Å². The van der Waals surface area contributed by atoms with Crippen LogP contribution in [0.25, 0.3) is 6.08 Å². The largest absolute Gasteiger partial charge is 0.508 e. The molecule has 1 aliphatic carbocycles. The molecule has 1 fully saturated rings. The van der Waals surface area contributed by atoms with Crippen molar-refractivity contribution in [1.82, 2.24) is 0 Å². The lowest BCUT2D eigenvalue weighted by atomic mass is 9.66. The van der Waals surface area contributed by atoms with Crippen LogP contribution >= 0.6 is 0 Å². The summed E-state index contributed by atoms with van der Waals surface area (Å²) in [7, 11) is 0. The highest BCUT2D eigenvalue weighted by Crippen LogP contribution is 2.49. The summed E-state index contributed by atoms with van der Waals surface area (Å²) in [5.41, 5.74) is 5.96. The van der Waals surface area contributed by atoms with Crippen molar-refractivity contribution in [3.8, 4) is 5.75 Å². The number of nitrogens with zero attached hydrogens (tertiary/aromatic N) is 1. The van der Waals surface area contributed by atoms with Gasteiger partial charge in [0, 0.05) is 17.3 Å². The normalized spacial score (nSPS) is 21.2. The number of nitrogens with one attached hydrogen (secondary N) is 1. The van der Waals surface area contributed by atoms with Crippen LogP contribution in [-0.4, -0.2) is 39.8 Å². The van der Waals surface area contributed by atoms with E-state index < -0.39 is 23.9 Å². The lowest BCUT2D eigenvalue weighted by Gasteiger charge is -2.38. The van der Waals surface area contributed by atoms with Gasteiger partial charge in [-0.05, 0) is 91.3 Å². The molecule has 44 heavy (non-hydrogen) atoms. The molecule has 0 aromatic heterocycles. The molecule has 3 aromatic carbocycles. The molecule has 0 unspecified atom stereocenters. The van der Waals surface area contributed by atoms with Crippen molar-refractivity contribution in [3.63, 3.8) is 0 Å². The maximum atomic E-state index is 13.9. The number of aliphatic hydroxyl groups is 2. The molecule has 4 N–H and O–H groups in total. The number of para-hydroxylation sites is 1. The quantitative estimate of drug-likeness (QED) is 0.143. The van der Waals surface area contributed by atoms with Gasteiger partial charge in [-0.3, -0.25) is 14.5 Å². The minimum absolute atomic E-state index is 0.0448. The van der Waals surface area contributed by atoms with Crippen molar-refractivity contribution in [2.45, 2.75) is 52.6 Å². The maximum Gasteiger partial charge on any atom is 0.238 e. The number of phenolic OH excluding ortho intramolecular Hbond substituents is 1. The maximum absolute atomic E-state index is 13.9. The number of rotatable bonds is 11. The molecular formula is C37H42N2O5. The smallest absolute Gasteiger partial charge is 0.238 e. The Morgan fingerprint density at radius 2 is 1.68 bits per heavy atom. The molecule has 2 aliphatic rings. The number of imide groups is 1. The van der Waals surface area contributed by atoms with E-state index >= 15 is 0 Å². The zero-order valence-electron chi connectivity index (χ0n) is 25.6. The van der Waals surface area contributed by atoms with Gasteiger partial charge in [0.25, 0.3) is 0 Å². The Labute approximate surface area is 259 Å². The number of allylic oxidation sites excluding steroid dienone is 2. The van der Waals surface area contributed by atoms with E-state index in [1.165, 1.54) is 4.90 Å². The average Bonchev–Trinajstić information content (AvgIpc) is 3.27. The number of hydrogen-bond donors (Lipinski definition) is 4. The first-order chi connectivity index (χ1) is 21.2. The number of aromatic hydroxyl groups is 1. The molecule has 2 amide bonds. The van der Waals surface area contributed by atoms with Crippen LogP contribution in [0.2, 0.25) is 0 Å². The summed E-state index contributed by atoms with van der Waals surface area (Å²) >= 11 is 0. The van der Waals surface area contributed by atoms with E-state index in [0.29, 0.717) is 30.5 Å². The Kier molecular flexibility index (Phi) is 9.67. The number of carbonyl (C=O) groups excluding carboxylic acids is 2. The van der Waals surface area contributed by atoms with E-state index in [2.05, 4.69) is 12.2 Å². The summed E-state index contributed by atoms with van der Waals surface area (Å²) in [6.07, 6.45) is 3.40. The summed E-state index contributed by atoms with van der Waals surface area (Å²) in [4.78, 5) is 29.0. The SMILES string of the molecule is CC/C(=C\c1cccc(O)c1)CC[C@@H](O)C1=C(C(C)C)C[C@H]2C(=O)N(c3ccc(Nc4ccccc4)cc3)C(=O)[C@H]2[C@H]1CO. The first kappa shape index (κ1) is 31.2. The van der Waals surface area contributed by atoms with Crippen LogP contribution in [-0.2, 0) is 9.59 Å². The summed E-state index contributed by atoms with van der Waals surface area (Å²) in [5.74, 6) is -2.27. The Morgan fingerprint density at radius 3 is 2.32 bits per heavy atom. The van der Waals surface area contributed by atoms with E-state index in [4.69, 9.17) is 0 Å². The predicted molar refractivity (Wildman–Crippen MR) is 174 cm³/mol. The fourth-order valence-corrected chi connectivity index (χ4v) is 6.76. The number of anilines is 3. The molecule has 1 heterocycles. The lowest BCUT2D eigenvalue weighted by Crippen LogP contribution is -2.39. The first-order valence-electron chi connectivity index (χ1n) is 15.5. The average molecular weight is 595 g/mol. The number of carbonyl (C=O) groups is 2. The van der Waals surface area contributed by atoms with Crippen LogP contribution in [0.15, 0.2) is 95.6 Å². The highest BCUT2D eigenvalue weighted by molar-refractivity contribution is 6.22. The molecule has 4 atom stereocenters. The Hall–Kier alpha value is -4.20. The summed E-state index contributed by atoms with van der Waals surface area (Å²) in [5, 5.41) is 35.4. The second kappa shape index (κ2) is 13.6. The number of fused-ring (bicyclic) bond motifs is 1. The monoisotopic (exact) mass is 594 g/mol. The molecule has 0 spiro atoms. The summed E-state index contributed by atoms with van der Waals surface area (Å²) in [6.45, 7) is 5.81. The van der Waals surface area contributed by atoms with Gasteiger partial charge in [-0.2, -0.15) is 0 Å². The van der Waals surface area contributed by atoms with Gasteiger partial charge in [0.1, 0.15) is 5.75 Å².